The molecular weight excluding hydrogens is 432 g/mol. The highest BCUT2D eigenvalue weighted by atomic mass is 32.1. The number of nitrogens with one attached hydrogen (secondary N) is 1. The van der Waals surface area contributed by atoms with Gasteiger partial charge in [0.2, 0.25) is 0 Å². The highest BCUT2D eigenvalue weighted by Gasteiger charge is 2.30. The zero-order valence-electron chi connectivity index (χ0n) is 16.7. The van der Waals surface area contributed by atoms with Crippen molar-refractivity contribution in [3.05, 3.63) is 55.4 Å². The SMILES string of the molecule is CCOC(=O)c1sc(NC(=O)c2cccc([N+](=O)[O-])c2C(=O)O)c(C(=O)OCC)c1C. The summed E-state index contributed by atoms with van der Waals surface area (Å²) in [5.74, 6) is -4.20. The molecule has 164 valence electrons. The van der Waals surface area contributed by atoms with Crippen LogP contribution in [0, 0.1) is 17.0 Å². The first-order valence-electron chi connectivity index (χ1n) is 8.93. The Labute approximate surface area is 179 Å². The Morgan fingerprint density at radius 1 is 1.10 bits per heavy atom. The van der Waals surface area contributed by atoms with Gasteiger partial charge in [0.05, 0.1) is 29.3 Å². The van der Waals surface area contributed by atoms with E-state index in [-0.39, 0.29) is 34.2 Å². The number of nitro groups is 1. The summed E-state index contributed by atoms with van der Waals surface area (Å²) in [5, 5.41) is 22.8. The zero-order valence-corrected chi connectivity index (χ0v) is 17.5. The first kappa shape index (κ1) is 23.5. The monoisotopic (exact) mass is 450 g/mol. The molecule has 0 unspecified atom stereocenters. The van der Waals surface area contributed by atoms with Crippen molar-refractivity contribution in [2.24, 2.45) is 0 Å². The van der Waals surface area contributed by atoms with Crippen molar-refractivity contribution in [2.45, 2.75) is 20.8 Å². The van der Waals surface area contributed by atoms with E-state index in [2.05, 4.69) is 5.32 Å². The first-order valence-corrected chi connectivity index (χ1v) is 9.75. The normalized spacial score (nSPS) is 10.3. The van der Waals surface area contributed by atoms with Gasteiger partial charge in [-0.1, -0.05) is 6.07 Å². The number of carboxylic acids is 1. The third-order valence-corrected chi connectivity index (χ3v) is 5.20. The van der Waals surface area contributed by atoms with E-state index < -0.39 is 45.6 Å². The maximum absolute atomic E-state index is 12.8. The number of anilines is 1. The molecule has 0 aliphatic rings. The number of benzene rings is 1. The largest absolute Gasteiger partial charge is 0.477 e. The molecule has 2 rings (SSSR count). The lowest BCUT2D eigenvalue weighted by Crippen LogP contribution is -2.19. The highest BCUT2D eigenvalue weighted by molar-refractivity contribution is 7.18. The second kappa shape index (κ2) is 9.80. The molecule has 0 fully saturated rings. The molecule has 0 saturated carbocycles. The number of nitrogens with zero attached hydrogens (tertiary/aromatic N) is 1. The number of carbonyl (C=O) groups is 4. The summed E-state index contributed by atoms with van der Waals surface area (Å²) in [7, 11) is 0. The third-order valence-electron chi connectivity index (χ3n) is 4.01. The molecule has 0 radical (unpaired) electrons. The Bertz CT molecular complexity index is 1070. The van der Waals surface area contributed by atoms with E-state index in [0.29, 0.717) is 0 Å². The molecule has 12 heteroatoms. The number of carbonyl (C=O) groups excluding carboxylic acids is 3. The van der Waals surface area contributed by atoms with E-state index in [0.717, 1.165) is 29.5 Å². The molecule has 1 aromatic heterocycles. The molecule has 11 nitrogen and oxygen atoms in total. The number of ether oxygens (including phenoxy) is 2. The molecular formula is C19H18N2O9S. The fraction of sp³-hybridized carbons (Fsp3) is 0.263. The smallest absolute Gasteiger partial charge is 0.348 e. The van der Waals surface area contributed by atoms with Gasteiger partial charge in [0, 0.05) is 6.07 Å². The van der Waals surface area contributed by atoms with Crippen LogP contribution in [-0.4, -0.2) is 47.1 Å². The summed E-state index contributed by atoms with van der Waals surface area (Å²) < 4.78 is 9.94. The first-order chi connectivity index (χ1) is 14.6. The van der Waals surface area contributed by atoms with Crippen LogP contribution in [0.2, 0.25) is 0 Å². The molecule has 0 bridgehead atoms. The van der Waals surface area contributed by atoms with E-state index >= 15 is 0 Å². The van der Waals surface area contributed by atoms with Crippen molar-refractivity contribution in [3.63, 3.8) is 0 Å². The summed E-state index contributed by atoms with van der Waals surface area (Å²) in [6, 6.07) is 3.22. The number of hydrogen-bond acceptors (Lipinski definition) is 9. The Morgan fingerprint density at radius 3 is 2.26 bits per heavy atom. The summed E-state index contributed by atoms with van der Waals surface area (Å²) in [5.41, 5.74) is -1.93. The number of amides is 1. The Kier molecular flexibility index (Phi) is 7.42. The van der Waals surface area contributed by atoms with Crippen LogP contribution in [0.3, 0.4) is 0 Å². The van der Waals surface area contributed by atoms with Crippen molar-refractivity contribution >= 4 is 45.8 Å². The van der Waals surface area contributed by atoms with E-state index in [4.69, 9.17) is 9.47 Å². The molecule has 1 aromatic carbocycles. The van der Waals surface area contributed by atoms with Crippen molar-refractivity contribution in [1.82, 2.24) is 0 Å². The maximum Gasteiger partial charge on any atom is 0.348 e. The van der Waals surface area contributed by atoms with Crippen molar-refractivity contribution < 1.29 is 38.7 Å². The summed E-state index contributed by atoms with van der Waals surface area (Å²) >= 11 is 0.747. The van der Waals surface area contributed by atoms with Gasteiger partial charge in [-0.05, 0) is 32.4 Å². The predicted octanol–water partition coefficient (Wildman–Crippen LogP) is 3.27. The van der Waals surface area contributed by atoms with Crippen LogP contribution in [0.1, 0.15) is 60.2 Å². The molecule has 0 aliphatic carbocycles. The van der Waals surface area contributed by atoms with E-state index in [1.54, 1.807) is 13.8 Å². The van der Waals surface area contributed by atoms with Gasteiger partial charge in [-0.25, -0.2) is 14.4 Å². The van der Waals surface area contributed by atoms with Crippen LogP contribution in [0.5, 0.6) is 0 Å². The van der Waals surface area contributed by atoms with Gasteiger partial charge in [-0.15, -0.1) is 11.3 Å². The third kappa shape index (κ3) is 4.86. The Hall–Kier alpha value is -3.80. The lowest BCUT2D eigenvalue weighted by molar-refractivity contribution is -0.385. The highest BCUT2D eigenvalue weighted by Crippen LogP contribution is 2.35. The van der Waals surface area contributed by atoms with Crippen LogP contribution in [0.25, 0.3) is 0 Å². The number of hydrogen-bond donors (Lipinski definition) is 2. The minimum absolute atomic E-state index is 0.0320. The molecule has 2 aromatic rings. The fourth-order valence-corrected chi connectivity index (χ4v) is 3.80. The number of rotatable bonds is 8. The van der Waals surface area contributed by atoms with E-state index in [1.807, 2.05) is 0 Å². The van der Waals surface area contributed by atoms with Crippen LogP contribution >= 0.6 is 11.3 Å². The number of thiophene rings is 1. The van der Waals surface area contributed by atoms with Gasteiger partial charge < -0.3 is 19.9 Å². The van der Waals surface area contributed by atoms with Gasteiger partial charge in [-0.2, -0.15) is 0 Å². The zero-order chi connectivity index (χ0) is 23.3. The number of esters is 2. The molecule has 0 spiro atoms. The predicted molar refractivity (Wildman–Crippen MR) is 109 cm³/mol. The number of carboxylic acid groups (broad SMARTS) is 1. The second-order valence-corrected chi connectivity index (χ2v) is 6.94. The van der Waals surface area contributed by atoms with Gasteiger partial charge in [0.25, 0.3) is 11.6 Å². The number of nitro benzene ring substituents is 1. The molecule has 0 aliphatic heterocycles. The van der Waals surface area contributed by atoms with Crippen LogP contribution in [0.4, 0.5) is 10.7 Å². The van der Waals surface area contributed by atoms with Crippen molar-refractivity contribution in [1.29, 1.82) is 0 Å². The standard InChI is InChI=1S/C19H18N2O9S/c1-4-29-18(25)12-9(3)14(19(26)30-5-2)31-16(12)20-15(22)10-7-6-8-11(21(27)28)13(10)17(23)24/h6-8H,4-5H2,1-3H3,(H,20,22)(H,23,24). The minimum Gasteiger partial charge on any atom is -0.477 e. The fourth-order valence-electron chi connectivity index (χ4n) is 2.72. The van der Waals surface area contributed by atoms with Crippen LogP contribution in [-0.2, 0) is 9.47 Å². The summed E-state index contributed by atoms with van der Waals surface area (Å²) in [6.07, 6.45) is 0. The van der Waals surface area contributed by atoms with E-state index in [9.17, 15) is 34.4 Å². The van der Waals surface area contributed by atoms with Crippen LogP contribution in [0.15, 0.2) is 18.2 Å². The maximum atomic E-state index is 12.8. The molecule has 0 saturated heterocycles. The molecule has 1 heterocycles. The minimum atomic E-state index is -1.67. The second-order valence-electron chi connectivity index (χ2n) is 5.92. The average Bonchev–Trinajstić information content (AvgIpc) is 3.03. The van der Waals surface area contributed by atoms with Gasteiger partial charge in [-0.3, -0.25) is 14.9 Å². The topological polar surface area (TPSA) is 162 Å². The molecule has 1 amide bonds. The lowest BCUT2D eigenvalue weighted by Gasteiger charge is -2.09. The summed E-state index contributed by atoms with van der Waals surface area (Å²) in [4.78, 5) is 59.3. The molecule has 0 atom stereocenters. The van der Waals surface area contributed by atoms with Gasteiger partial charge in [0.15, 0.2) is 0 Å². The van der Waals surface area contributed by atoms with Crippen molar-refractivity contribution in [3.8, 4) is 0 Å². The molecule has 2 N–H and O–H groups in total. The lowest BCUT2D eigenvalue weighted by atomic mass is 10.0. The van der Waals surface area contributed by atoms with Gasteiger partial charge >= 0.3 is 17.9 Å². The summed E-state index contributed by atoms with van der Waals surface area (Å²) in [6.45, 7) is 4.77. The van der Waals surface area contributed by atoms with Crippen molar-refractivity contribution in [2.75, 3.05) is 18.5 Å². The quantitative estimate of drug-likeness (QED) is 0.349. The van der Waals surface area contributed by atoms with Crippen LogP contribution < -0.4 is 5.32 Å². The van der Waals surface area contributed by atoms with E-state index in [1.165, 1.54) is 6.92 Å². The Morgan fingerprint density at radius 2 is 1.71 bits per heavy atom. The number of aromatic carboxylic acids is 1. The molecule has 31 heavy (non-hydrogen) atoms. The Balaban J connectivity index is 2.57. The average molecular weight is 450 g/mol. The van der Waals surface area contributed by atoms with Gasteiger partial charge in [0.1, 0.15) is 15.4 Å².